The van der Waals surface area contributed by atoms with Crippen molar-refractivity contribution in [2.24, 2.45) is 11.8 Å². The molecule has 1 saturated heterocycles. The highest BCUT2D eigenvalue weighted by atomic mass is 16.5. The summed E-state index contributed by atoms with van der Waals surface area (Å²) in [5, 5.41) is 11.7. The maximum Gasteiger partial charge on any atom is 0.326 e. The zero-order valence-electron chi connectivity index (χ0n) is 10.6. The topological polar surface area (TPSA) is 75.6 Å². The molecule has 0 aromatic heterocycles. The maximum atomic E-state index is 11.7. The predicted octanol–water partition coefficient (Wildman–Crippen LogP) is 1.17. The van der Waals surface area contributed by atoms with E-state index in [1.165, 1.54) is 0 Å². The lowest BCUT2D eigenvalue weighted by Crippen LogP contribution is -2.42. The Morgan fingerprint density at radius 3 is 2.44 bits per heavy atom. The fourth-order valence-electron chi connectivity index (χ4n) is 2.43. The zero-order chi connectivity index (χ0) is 13.0. The van der Waals surface area contributed by atoms with Gasteiger partial charge < -0.3 is 15.2 Å². The summed E-state index contributed by atoms with van der Waals surface area (Å²) in [5.41, 5.74) is 0. The van der Waals surface area contributed by atoms with Crippen LogP contribution in [0, 0.1) is 11.8 Å². The first-order valence-corrected chi connectivity index (χ1v) is 6.76. The van der Waals surface area contributed by atoms with Gasteiger partial charge in [-0.1, -0.05) is 0 Å². The Morgan fingerprint density at radius 1 is 1.22 bits per heavy atom. The third-order valence-electron chi connectivity index (χ3n) is 3.80. The van der Waals surface area contributed by atoms with E-state index in [-0.39, 0.29) is 11.8 Å². The van der Waals surface area contributed by atoms with Crippen molar-refractivity contribution in [1.82, 2.24) is 5.32 Å². The van der Waals surface area contributed by atoms with E-state index in [2.05, 4.69) is 5.32 Å². The van der Waals surface area contributed by atoms with E-state index in [1.807, 2.05) is 0 Å². The summed E-state index contributed by atoms with van der Waals surface area (Å²) >= 11 is 0. The van der Waals surface area contributed by atoms with Gasteiger partial charge in [-0.2, -0.15) is 0 Å². The zero-order valence-corrected chi connectivity index (χ0v) is 10.6. The molecule has 5 nitrogen and oxygen atoms in total. The molecule has 1 amide bonds. The molecule has 18 heavy (non-hydrogen) atoms. The van der Waals surface area contributed by atoms with Gasteiger partial charge >= 0.3 is 5.97 Å². The van der Waals surface area contributed by atoms with Gasteiger partial charge in [-0.3, -0.25) is 4.79 Å². The second-order valence-corrected chi connectivity index (χ2v) is 5.32. The number of amides is 1. The summed E-state index contributed by atoms with van der Waals surface area (Å²) in [6.07, 6.45) is 5.12. The van der Waals surface area contributed by atoms with Crippen LogP contribution in [0.15, 0.2) is 0 Å². The SMILES string of the molecule is O=C(CCC1CCOCC1)NC(C(=O)O)C1CC1. The quantitative estimate of drug-likeness (QED) is 0.747. The highest BCUT2D eigenvalue weighted by molar-refractivity contribution is 5.84. The van der Waals surface area contributed by atoms with Gasteiger partial charge in [0.2, 0.25) is 5.91 Å². The third-order valence-corrected chi connectivity index (χ3v) is 3.80. The van der Waals surface area contributed by atoms with Gasteiger partial charge in [-0.15, -0.1) is 0 Å². The molecule has 1 heterocycles. The standard InChI is InChI=1S/C13H21NO4/c15-11(4-1-9-5-7-18-8-6-9)14-12(13(16)17)10-2-3-10/h9-10,12H,1-8H2,(H,14,15)(H,16,17). The second-order valence-electron chi connectivity index (χ2n) is 5.32. The number of aliphatic carboxylic acids is 1. The van der Waals surface area contributed by atoms with Crippen LogP contribution in [0.3, 0.4) is 0 Å². The Labute approximate surface area is 107 Å². The normalized spacial score (nSPS) is 22.4. The molecule has 102 valence electrons. The number of carboxylic acids is 1. The van der Waals surface area contributed by atoms with Crippen LogP contribution < -0.4 is 5.32 Å². The van der Waals surface area contributed by atoms with Crippen LogP contribution in [0.1, 0.15) is 38.5 Å². The number of carbonyl (C=O) groups excluding carboxylic acids is 1. The van der Waals surface area contributed by atoms with Crippen LogP contribution in [0.5, 0.6) is 0 Å². The fourth-order valence-corrected chi connectivity index (χ4v) is 2.43. The molecule has 5 heteroatoms. The van der Waals surface area contributed by atoms with Crippen molar-refractivity contribution in [3.05, 3.63) is 0 Å². The lowest BCUT2D eigenvalue weighted by molar-refractivity contribution is -0.142. The molecule has 1 unspecified atom stereocenters. The molecular formula is C13H21NO4. The first-order chi connectivity index (χ1) is 8.66. The molecule has 1 aliphatic heterocycles. The van der Waals surface area contributed by atoms with Gasteiger partial charge in [-0.05, 0) is 43.9 Å². The van der Waals surface area contributed by atoms with Crippen LogP contribution in [0.25, 0.3) is 0 Å². The van der Waals surface area contributed by atoms with E-state index in [4.69, 9.17) is 9.84 Å². The van der Waals surface area contributed by atoms with Gasteiger partial charge in [0, 0.05) is 19.6 Å². The molecule has 0 radical (unpaired) electrons. The van der Waals surface area contributed by atoms with Crippen molar-refractivity contribution < 1.29 is 19.4 Å². The summed E-state index contributed by atoms with van der Waals surface area (Å²) in [6.45, 7) is 1.57. The largest absolute Gasteiger partial charge is 0.480 e. The minimum Gasteiger partial charge on any atom is -0.480 e. The molecule has 2 N–H and O–H groups in total. The smallest absolute Gasteiger partial charge is 0.326 e. The predicted molar refractivity (Wildman–Crippen MR) is 65.1 cm³/mol. The number of carboxylic acid groups (broad SMARTS) is 1. The van der Waals surface area contributed by atoms with E-state index < -0.39 is 12.0 Å². The number of carbonyl (C=O) groups is 2. The average Bonchev–Trinajstić information content (AvgIpc) is 3.18. The van der Waals surface area contributed by atoms with Crippen molar-refractivity contribution in [2.45, 2.75) is 44.6 Å². The van der Waals surface area contributed by atoms with Crippen LogP contribution >= 0.6 is 0 Å². The Hall–Kier alpha value is -1.10. The molecular weight excluding hydrogens is 234 g/mol. The summed E-state index contributed by atoms with van der Waals surface area (Å²) in [6, 6.07) is -0.674. The van der Waals surface area contributed by atoms with Crippen molar-refractivity contribution in [1.29, 1.82) is 0 Å². The van der Waals surface area contributed by atoms with E-state index in [0.717, 1.165) is 45.3 Å². The van der Waals surface area contributed by atoms with E-state index in [1.54, 1.807) is 0 Å². The molecule has 2 fully saturated rings. The molecule has 2 aliphatic rings. The third kappa shape index (κ3) is 3.98. The highest BCUT2D eigenvalue weighted by Gasteiger charge is 2.37. The molecule has 0 spiro atoms. The van der Waals surface area contributed by atoms with Gasteiger partial charge in [0.1, 0.15) is 6.04 Å². The van der Waals surface area contributed by atoms with Crippen molar-refractivity contribution >= 4 is 11.9 Å². The number of rotatable bonds is 6. The van der Waals surface area contributed by atoms with Gasteiger partial charge in [0.25, 0.3) is 0 Å². The van der Waals surface area contributed by atoms with Crippen molar-refractivity contribution in [3.63, 3.8) is 0 Å². The highest BCUT2D eigenvalue weighted by Crippen LogP contribution is 2.32. The lowest BCUT2D eigenvalue weighted by Gasteiger charge is -2.22. The van der Waals surface area contributed by atoms with E-state index in [9.17, 15) is 9.59 Å². The summed E-state index contributed by atoms with van der Waals surface area (Å²) < 4.78 is 5.26. The second kappa shape index (κ2) is 6.18. The number of ether oxygens (including phenoxy) is 1. The van der Waals surface area contributed by atoms with Gasteiger partial charge in [0.15, 0.2) is 0 Å². The molecule has 1 atom stereocenters. The number of hydrogen-bond acceptors (Lipinski definition) is 3. The monoisotopic (exact) mass is 255 g/mol. The first-order valence-electron chi connectivity index (χ1n) is 6.76. The molecule has 0 aromatic carbocycles. The van der Waals surface area contributed by atoms with Gasteiger partial charge in [-0.25, -0.2) is 4.79 Å². The lowest BCUT2D eigenvalue weighted by atomic mass is 9.95. The molecule has 0 bridgehead atoms. The Balaban J connectivity index is 1.68. The summed E-state index contributed by atoms with van der Waals surface area (Å²) in [5.74, 6) is -0.332. The molecule has 1 saturated carbocycles. The average molecular weight is 255 g/mol. The van der Waals surface area contributed by atoms with Crippen LogP contribution in [-0.4, -0.2) is 36.2 Å². The fraction of sp³-hybridized carbons (Fsp3) is 0.846. The Kier molecular flexibility index (Phi) is 4.58. The molecule has 1 aliphatic carbocycles. The number of nitrogens with one attached hydrogen (secondary N) is 1. The van der Waals surface area contributed by atoms with Crippen LogP contribution in [0.4, 0.5) is 0 Å². The first kappa shape index (κ1) is 13.3. The van der Waals surface area contributed by atoms with Crippen molar-refractivity contribution in [3.8, 4) is 0 Å². The van der Waals surface area contributed by atoms with Crippen molar-refractivity contribution in [2.75, 3.05) is 13.2 Å². The summed E-state index contributed by atoms with van der Waals surface area (Å²) in [4.78, 5) is 22.7. The minimum absolute atomic E-state index is 0.124. The van der Waals surface area contributed by atoms with E-state index >= 15 is 0 Å². The molecule has 2 rings (SSSR count). The summed E-state index contributed by atoms with van der Waals surface area (Å²) in [7, 11) is 0. The van der Waals surface area contributed by atoms with Crippen LogP contribution in [-0.2, 0) is 14.3 Å². The molecule has 0 aromatic rings. The Morgan fingerprint density at radius 2 is 1.89 bits per heavy atom. The van der Waals surface area contributed by atoms with E-state index in [0.29, 0.717) is 12.3 Å². The van der Waals surface area contributed by atoms with Crippen LogP contribution in [0.2, 0.25) is 0 Å². The van der Waals surface area contributed by atoms with Gasteiger partial charge in [0.05, 0.1) is 0 Å². The maximum absolute atomic E-state index is 11.7. The number of hydrogen-bond donors (Lipinski definition) is 2. The minimum atomic E-state index is -0.906. The Bertz CT molecular complexity index is 308.